The second-order valence-electron chi connectivity index (χ2n) is 3.85. The lowest BCUT2D eigenvalue weighted by atomic mass is 10.1. The van der Waals surface area contributed by atoms with Crippen molar-refractivity contribution in [2.24, 2.45) is 7.05 Å². The lowest BCUT2D eigenvalue weighted by Gasteiger charge is -2.03. The first-order chi connectivity index (χ1) is 8.60. The van der Waals surface area contributed by atoms with E-state index in [0.29, 0.717) is 5.56 Å². The number of aromatic nitrogens is 3. The average Bonchev–Trinajstić information content (AvgIpc) is 2.76. The molecule has 1 aromatic carbocycles. The number of carbonyl (C=O) groups excluding carboxylic acids is 1. The van der Waals surface area contributed by atoms with Crippen molar-refractivity contribution in [3.63, 3.8) is 0 Å². The summed E-state index contributed by atoms with van der Waals surface area (Å²) >= 11 is 0. The molecule has 0 unspecified atom stereocenters. The number of methoxy groups -OCH3 is 1. The first kappa shape index (κ1) is 12.2. The van der Waals surface area contributed by atoms with Gasteiger partial charge in [-0.05, 0) is 17.7 Å². The van der Waals surface area contributed by atoms with Gasteiger partial charge >= 0.3 is 0 Å². The molecule has 18 heavy (non-hydrogen) atoms. The largest absolute Gasteiger partial charge is 0.494 e. The maximum absolute atomic E-state index is 13.4. The Morgan fingerprint density at radius 2 is 2.28 bits per heavy atom. The Balaban J connectivity index is 2.14. The zero-order chi connectivity index (χ0) is 13.1. The van der Waals surface area contributed by atoms with Gasteiger partial charge in [0, 0.05) is 13.5 Å². The third kappa shape index (κ3) is 2.53. The molecule has 94 valence electrons. The summed E-state index contributed by atoms with van der Waals surface area (Å²) in [7, 11) is 3.07. The topological polar surface area (TPSA) is 57.0 Å². The summed E-state index contributed by atoms with van der Waals surface area (Å²) in [6.45, 7) is 0. The SMILES string of the molecule is COc1ccc(CC(=O)c2cn(C)nn2)cc1F. The summed E-state index contributed by atoms with van der Waals surface area (Å²) in [6.07, 6.45) is 1.61. The molecule has 5 nitrogen and oxygen atoms in total. The van der Waals surface area contributed by atoms with Crippen LogP contribution < -0.4 is 4.74 Å². The zero-order valence-corrected chi connectivity index (χ0v) is 10.1. The van der Waals surface area contributed by atoms with E-state index in [9.17, 15) is 9.18 Å². The van der Waals surface area contributed by atoms with Gasteiger partial charge in [-0.2, -0.15) is 0 Å². The Morgan fingerprint density at radius 1 is 1.50 bits per heavy atom. The highest BCUT2D eigenvalue weighted by molar-refractivity contribution is 5.95. The molecule has 0 atom stereocenters. The molecule has 0 fully saturated rings. The highest BCUT2D eigenvalue weighted by Gasteiger charge is 2.12. The van der Waals surface area contributed by atoms with E-state index in [1.165, 1.54) is 30.1 Å². The number of rotatable bonds is 4. The third-order valence-electron chi connectivity index (χ3n) is 2.47. The van der Waals surface area contributed by atoms with Crippen LogP contribution in [0.15, 0.2) is 24.4 Å². The minimum Gasteiger partial charge on any atom is -0.494 e. The van der Waals surface area contributed by atoms with Crippen LogP contribution in [0.2, 0.25) is 0 Å². The summed E-state index contributed by atoms with van der Waals surface area (Å²) in [4.78, 5) is 11.8. The second-order valence-corrected chi connectivity index (χ2v) is 3.85. The van der Waals surface area contributed by atoms with Crippen LogP contribution in [-0.4, -0.2) is 27.9 Å². The fourth-order valence-corrected chi connectivity index (χ4v) is 1.57. The molecule has 6 heteroatoms. The summed E-state index contributed by atoms with van der Waals surface area (Å²) in [5.41, 5.74) is 0.845. The normalized spacial score (nSPS) is 10.4. The number of Topliss-reactive ketones (excluding diaryl/α,β-unsaturated/α-hetero) is 1. The maximum Gasteiger partial charge on any atom is 0.189 e. The van der Waals surface area contributed by atoms with Gasteiger partial charge in [-0.1, -0.05) is 11.3 Å². The first-order valence-corrected chi connectivity index (χ1v) is 5.32. The average molecular weight is 249 g/mol. The number of hydrogen-bond acceptors (Lipinski definition) is 4. The van der Waals surface area contributed by atoms with Crippen LogP contribution in [0.25, 0.3) is 0 Å². The van der Waals surface area contributed by atoms with Crippen molar-refractivity contribution in [3.8, 4) is 5.75 Å². The van der Waals surface area contributed by atoms with Gasteiger partial charge in [0.1, 0.15) is 5.69 Å². The van der Waals surface area contributed by atoms with Crippen LogP contribution in [-0.2, 0) is 13.5 Å². The number of hydrogen-bond donors (Lipinski definition) is 0. The molecule has 0 aliphatic heterocycles. The van der Waals surface area contributed by atoms with Crippen molar-refractivity contribution >= 4 is 5.78 Å². The van der Waals surface area contributed by atoms with Crippen LogP contribution >= 0.6 is 0 Å². The third-order valence-corrected chi connectivity index (χ3v) is 2.47. The Hall–Kier alpha value is -2.24. The van der Waals surface area contributed by atoms with Crippen LogP contribution in [0.5, 0.6) is 5.75 Å². The summed E-state index contributed by atoms with van der Waals surface area (Å²) in [5, 5.41) is 7.39. The summed E-state index contributed by atoms with van der Waals surface area (Å²) in [5.74, 6) is -0.527. The smallest absolute Gasteiger partial charge is 0.189 e. The zero-order valence-electron chi connectivity index (χ0n) is 10.1. The molecule has 0 spiro atoms. The van der Waals surface area contributed by atoms with Crippen molar-refractivity contribution in [1.82, 2.24) is 15.0 Å². The predicted octanol–water partition coefficient (Wildman–Crippen LogP) is 1.39. The van der Waals surface area contributed by atoms with Gasteiger partial charge in [-0.25, -0.2) is 4.39 Å². The molecule has 2 aromatic rings. The van der Waals surface area contributed by atoms with Gasteiger partial charge in [0.05, 0.1) is 13.3 Å². The number of ether oxygens (including phenoxy) is 1. The molecule has 0 saturated carbocycles. The van der Waals surface area contributed by atoms with Gasteiger partial charge < -0.3 is 4.74 Å². The quantitative estimate of drug-likeness (QED) is 0.768. The number of carbonyl (C=O) groups is 1. The van der Waals surface area contributed by atoms with Crippen molar-refractivity contribution in [1.29, 1.82) is 0 Å². The minimum absolute atomic E-state index is 0.0829. The molecule has 0 N–H and O–H groups in total. The Kier molecular flexibility index (Phi) is 3.36. The molecule has 0 amide bonds. The van der Waals surface area contributed by atoms with Gasteiger partial charge in [0.25, 0.3) is 0 Å². The number of halogens is 1. The minimum atomic E-state index is -0.484. The Bertz CT molecular complexity index is 580. The summed E-state index contributed by atoms with van der Waals surface area (Å²) < 4.78 is 19.7. The molecule has 0 saturated heterocycles. The molecular formula is C12H12FN3O2. The van der Waals surface area contributed by atoms with Crippen LogP contribution in [0.4, 0.5) is 4.39 Å². The second kappa shape index (κ2) is 4.95. The van der Waals surface area contributed by atoms with Gasteiger partial charge in [-0.3, -0.25) is 9.48 Å². The van der Waals surface area contributed by atoms with Crippen molar-refractivity contribution < 1.29 is 13.9 Å². The molecule has 0 aliphatic rings. The van der Waals surface area contributed by atoms with E-state index in [1.54, 1.807) is 13.1 Å². The molecule has 0 bridgehead atoms. The van der Waals surface area contributed by atoms with E-state index >= 15 is 0 Å². The monoisotopic (exact) mass is 249 g/mol. The van der Waals surface area contributed by atoms with E-state index in [-0.39, 0.29) is 23.6 Å². The first-order valence-electron chi connectivity index (χ1n) is 5.32. The van der Waals surface area contributed by atoms with Gasteiger partial charge in [-0.15, -0.1) is 5.10 Å². The molecule has 1 heterocycles. The van der Waals surface area contributed by atoms with Crippen molar-refractivity contribution in [2.75, 3.05) is 7.11 Å². The molecular weight excluding hydrogens is 237 g/mol. The lowest BCUT2D eigenvalue weighted by Crippen LogP contribution is -2.04. The van der Waals surface area contributed by atoms with Crippen LogP contribution in [0.3, 0.4) is 0 Å². The number of ketones is 1. The molecule has 2 rings (SSSR count). The van der Waals surface area contributed by atoms with E-state index in [0.717, 1.165) is 0 Å². The standard InChI is InChI=1S/C12H12FN3O2/c1-16-7-10(14-15-16)11(17)6-8-3-4-12(18-2)9(13)5-8/h3-5,7H,6H2,1-2H3. The summed E-state index contributed by atoms with van der Waals surface area (Å²) in [6, 6.07) is 4.43. The molecule has 1 aromatic heterocycles. The van der Waals surface area contributed by atoms with E-state index in [2.05, 4.69) is 10.3 Å². The molecule has 0 aliphatic carbocycles. The lowest BCUT2D eigenvalue weighted by molar-refractivity contribution is 0.0988. The highest BCUT2D eigenvalue weighted by atomic mass is 19.1. The number of benzene rings is 1. The highest BCUT2D eigenvalue weighted by Crippen LogP contribution is 2.18. The Morgan fingerprint density at radius 3 is 2.83 bits per heavy atom. The van der Waals surface area contributed by atoms with E-state index in [4.69, 9.17) is 4.74 Å². The van der Waals surface area contributed by atoms with Gasteiger partial charge in [0.15, 0.2) is 17.3 Å². The van der Waals surface area contributed by atoms with Crippen LogP contribution in [0.1, 0.15) is 16.1 Å². The van der Waals surface area contributed by atoms with Crippen molar-refractivity contribution in [2.45, 2.75) is 6.42 Å². The van der Waals surface area contributed by atoms with E-state index < -0.39 is 5.82 Å². The fourth-order valence-electron chi connectivity index (χ4n) is 1.57. The van der Waals surface area contributed by atoms with E-state index in [1.807, 2.05) is 0 Å². The number of aryl methyl sites for hydroxylation is 1. The van der Waals surface area contributed by atoms with Gasteiger partial charge in [0.2, 0.25) is 0 Å². The van der Waals surface area contributed by atoms with Crippen molar-refractivity contribution in [3.05, 3.63) is 41.5 Å². The number of nitrogens with zero attached hydrogens (tertiary/aromatic N) is 3. The maximum atomic E-state index is 13.4. The van der Waals surface area contributed by atoms with Crippen LogP contribution in [0, 0.1) is 5.82 Å². The predicted molar refractivity (Wildman–Crippen MR) is 62.0 cm³/mol. The Labute approximate surface area is 103 Å². The molecule has 0 radical (unpaired) electrons. The fraction of sp³-hybridized carbons (Fsp3) is 0.250.